The number of carbonyl (C=O) groups is 3. The molecule has 0 spiro atoms. The Morgan fingerprint density at radius 3 is 2.32 bits per heavy atom. The van der Waals surface area contributed by atoms with Gasteiger partial charge in [0.1, 0.15) is 5.76 Å². The highest BCUT2D eigenvalue weighted by molar-refractivity contribution is 6.62. The van der Waals surface area contributed by atoms with Gasteiger partial charge in [-0.15, -0.1) is 0 Å². The third-order valence-corrected chi connectivity index (χ3v) is 4.21. The molecule has 4 rings (SSSR count). The van der Waals surface area contributed by atoms with Gasteiger partial charge < -0.3 is 5.11 Å². The average molecular weight is 329 g/mol. The second kappa shape index (κ2) is 5.49. The van der Waals surface area contributed by atoms with Crippen LogP contribution in [-0.2, 0) is 4.79 Å². The number of aldehydes is 1. The van der Waals surface area contributed by atoms with Crippen molar-refractivity contribution in [2.24, 2.45) is 0 Å². The van der Waals surface area contributed by atoms with E-state index in [1.807, 2.05) is 0 Å². The number of ketones is 2. The maximum absolute atomic E-state index is 12.6. The largest absolute Gasteiger partial charge is 0.506 e. The number of aromatic nitrogens is 1. The normalized spacial score (nSPS) is 13.9. The van der Waals surface area contributed by atoms with E-state index in [0.717, 1.165) is 5.39 Å². The number of nitrogens with zero attached hydrogens (tertiary/aromatic N) is 1. The fourth-order valence-electron chi connectivity index (χ4n) is 3.01. The van der Waals surface area contributed by atoms with Crippen molar-refractivity contribution in [3.63, 3.8) is 0 Å². The first-order chi connectivity index (χ1) is 12.1. The minimum absolute atomic E-state index is 0.0130. The van der Waals surface area contributed by atoms with Crippen LogP contribution >= 0.6 is 0 Å². The quantitative estimate of drug-likeness (QED) is 0.576. The lowest BCUT2D eigenvalue weighted by Gasteiger charge is -2.18. The molecule has 0 aliphatic heterocycles. The third-order valence-electron chi connectivity index (χ3n) is 4.21. The number of Topliss-reactive ketones (excluding diaryl/α,β-unsaturated/α-hetero) is 2. The Balaban J connectivity index is 2.07. The second-order valence-corrected chi connectivity index (χ2v) is 5.66. The van der Waals surface area contributed by atoms with Gasteiger partial charge in [-0.2, -0.15) is 0 Å². The summed E-state index contributed by atoms with van der Waals surface area (Å²) in [4.78, 5) is 40.8. The molecule has 0 atom stereocenters. The van der Waals surface area contributed by atoms with Gasteiger partial charge in [-0.05, 0) is 12.1 Å². The molecule has 0 amide bonds. The first kappa shape index (κ1) is 15.0. The number of pyridine rings is 1. The van der Waals surface area contributed by atoms with E-state index in [1.54, 1.807) is 48.5 Å². The van der Waals surface area contributed by atoms with Crippen LogP contribution in [0.15, 0.2) is 54.6 Å². The summed E-state index contributed by atoms with van der Waals surface area (Å²) >= 11 is 0. The summed E-state index contributed by atoms with van der Waals surface area (Å²) < 4.78 is 0. The maximum Gasteiger partial charge on any atom is 0.239 e. The molecular formula is C20H11NO4. The average Bonchev–Trinajstić information content (AvgIpc) is 2.65. The highest BCUT2D eigenvalue weighted by Gasteiger charge is 2.35. The van der Waals surface area contributed by atoms with E-state index >= 15 is 0 Å². The van der Waals surface area contributed by atoms with E-state index in [0.29, 0.717) is 11.8 Å². The highest BCUT2D eigenvalue weighted by atomic mass is 16.3. The van der Waals surface area contributed by atoms with Gasteiger partial charge in [0.05, 0.1) is 16.8 Å². The molecule has 2 aromatic carbocycles. The number of aliphatic hydroxyl groups excluding tert-OH is 1. The number of hydrogen-bond acceptors (Lipinski definition) is 5. The molecule has 0 saturated heterocycles. The summed E-state index contributed by atoms with van der Waals surface area (Å²) in [5, 5.41) is 11.3. The number of rotatable bonds is 2. The first-order valence-corrected chi connectivity index (χ1v) is 7.59. The SMILES string of the molecule is O=Cc1cc2ccccc2nc1C1=C(O)c2ccccc2C(=O)C1=O. The van der Waals surface area contributed by atoms with Crippen molar-refractivity contribution < 1.29 is 19.5 Å². The Labute approximate surface area is 142 Å². The smallest absolute Gasteiger partial charge is 0.239 e. The fraction of sp³-hybridized carbons (Fsp3) is 0. The summed E-state index contributed by atoms with van der Waals surface area (Å²) in [6.07, 6.45) is 0.563. The third kappa shape index (κ3) is 2.17. The second-order valence-electron chi connectivity index (χ2n) is 5.66. The molecular weight excluding hydrogens is 318 g/mol. The maximum atomic E-state index is 12.6. The Hall–Kier alpha value is -3.60. The molecule has 1 heterocycles. The van der Waals surface area contributed by atoms with Crippen LogP contribution < -0.4 is 0 Å². The minimum atomic E-state index is -0.873. The minimum Gasteiger partial charge on any atom is -0.506 e. The molecule has 0 bridgehead atoms. The van der Waals surface area contributed by atoms with Gasteiger partial charge >= 0.3 is 0 Å². The van der Waals surface area contributed by atoms with Gasteiger partial charge in [0.15, 0.2) is 6.29 Å². The fourth-order valence-corrected chi connectivity index (χ4v) is 3.01. The molecule has 0 radical (unpaired) electrons. The van der Waals surface area contributed by atoms with E-state index in [1.165, 1.54) is 6.07 Å². The molecule has 0 saturated carbocycles. The highest BCUT2D eigenvalue weighted by Crippen LogP contribution is 2.34. The van der Waals surface area contributed by atoms with E-state index in [2.05, 4.69) is 4.98 Å². The Morgan fingerprint density at radius 2 is 1.56 bits per heavy atom. The number of aliphatic hydroxyl groups is 1. The van der Waals surface area contributed by atoms with Crippen molar-refractivity contribution in [3.8, 4) is 0 Å². The van der Waals surface area contributed by atoms with Crippen LogP contribution in [0, 0.1) is 0 Å². The summed E-state index contributed by atoms with van der Waals surface area (Å²) in [7, 11) is 0. The molecule has 0 unspecified atom stereocenters. The van der Waals surface area contributed by atoms with E-state index < -0.39 is 11.6 Å². The summed E-state index contributed by atoms with van der Waals surface area (Å²) in [5.41, 5.74) is 0.870. The van der Waals surface area contributed by atoms with Gasteiger partial charge in [-0.1, -0.05) is 42.5 Å². The zero-order chi connectivity index (χ0) is 17.6. The van der Waals surface area contributed by atoms with Crippen LogP contribution in [0.2, 0.25) is 0 Å². The number of fused-ring (bicyclic) bond motifs is 2. The molecule has 1 aliphatic rings. The first-order valence-electron chi connectivity index (χ1n) is 7.59. The van der Waals surface area contributed by atoms with Gasteiger partial charge in [0.2, 0.25) is 11.6 Å². The van der Waals surface area contributed by atoms with Crippen molar-refractivity contribution in [2.45, 2.75) is 0 Å². The van der Waals surface area contributed by atoms with Crippen LogP contribution in [0.25, 0.3) is 22.2 Å². The number of allylic oxidation sites excluding steroid dienone is 1. The number of benzene rings is 2. The lowest BCUT2D eigenvalue weighted by Crippen LogP contribution is -2.24. The van der Waals surface area contributed by atoms with Crippen LogP contribution in [0.1, 0.15) is 32.0 Å². The van der Waals surface area contributed by atoms with E-state index in [4.69, 9.17) is 0 Å². The van der Waals surface area contributed by atoms with Gasteiger partial charge in [0.25, 0.3) is 0 Å². The van der Waals surface area contributed by atoms with Gasteiger partial charge in [0, 0.05) is 22.1 Å². The predicted octanol–water partition coefficient (Wildman–Crippen LogP) is 3.24. The van der Waals surface area contributed by atoms with Crippen LogP contribution in [0.4, 0.5) is 0 Å². The van der Waals surface area contributed by atoms with Crippen LogP contribution in [0.5, 0.6) is 0 Å². The molecule has 1 aromatic heterocycles. The molecule has 0 fully saturated rings. The Kier molecular flexibility index (Phi) is 3.28. The lowest BCUT2D eigenvalue weighted by molar-refractivity contribution is -0.110. The standard InChI is InChI=1S/C20H11NO4/c22-10-12-9-11-5-1-4-8-15(11)21-17(12)16-18(23)13-6-2-3-7-14(13)19(24)20(16)25/h1-10,23H. The van der Waals surface area contributed by atoms with Crippen LogP contribution in [-0.4, -0.2) is 27.9 Å². The van der Waals surface area contributed by atoms with Crippen molar-refractivity contribution in [1.29, 1.82) is 0 Å². The number of carbonyl (C=O) groups excluding carboxylic acids is 3. The van der Waals surface area contributed by atoms with Crippen molar-refractivity contribution in [2.75, 3.05) is 0 Å². The number of hydrogen-bond donors (Lipinski definition) is 1. The summed E-state index contributed by atoms with van der Waals surface area (Å²) in [6.45, 7) is 0. The summed E-state index contributed by atoms with van der Waals surface area (Å²) in [5.74, 6) is -1.94. The molecule has 1 aliphatic carbocycles. The zero-order valence-corrected chi connectivity index (χ0v) is 12.9. The van der Waals surface area contributed by atoms with Gasteiger partial charge in [-0.3, -0.25) is 14.4 Å². The topological polar surface area (TPSA) is 84.3 Å². The molecule has 120 valence electrons. The Bertz CT molecular complexity index is 1110. The van der Waals surface area contributed by atoms with E-state index in [-0.39, 0.29) is 33.7 Å². The summed E-state index contributed by atoms with van der Waals surface area (Å²) in [6, 6.07) is 15.0. The molecule has 5 nitrogen and oxygen atoms in total. The number of para-hydroxylation sites is 1. The van der Waals surface area contributed by atoms with E-state index in [9.17, 15) is 19.5 Å². The molecule has 5 heteroatoms. The molecule has 3 aromatic rings. The Morgan fingerprint density at radius 1 is 0.880 bits per heavy atom. The van der Waals surface area contributed by atoms with Crippen molar-refractivity contribution in [1.82, 2.24) is 4.98 Å². The lowest BCUT2D eigenvalue weighted by atomic mass is 9.85. The van der Waals surface area contributed by atoms with Crippen LogP contribution in [0.3, 0.4) is 0 Å². The zero-order valence-electron chi connectivity index (χ0n) is 12.9. The van der Waals surface area contributed by atoms with Crippen molar-refractivity contribution in [3.05, 3.63) is 77.0 Å². The monoisotopic (exact) mass is 329 g/mol. The van der Waals surface area contributed by atoms with Gasteiger partial charge in [-0.25, -0.2) is 4.98 Å². The predicted molar refractivity (Wildman–Crippen MR) is 92.4 cm³/mol. The van der Waals surface area contributed by atoms with Crippen molar-refractivity contribution >= 4 is 40.1 Å². The molecule has 25 heavy (non-hydrogen) atoms. The molecule has 1 N–H and O–H groups in total.